The van der Waals surface area contributed by atoms with E-state index in [1.54, 1.807) is 0 Å². The number of nitrogens with one attached hydrogen (secondary N) is 3. The van der Waals surface area contributed by atoms with E-state index in [9.17, 15) is 18.0 Å². The Labute approximate surface area is 120 Å². The molecule has 0 bridgehead atoms. The van der Waals surface area contributed by atoms with Crippen LogP contribution in [0, 0.1) is 0 Å². The lowest BCUT2D eigenvalue weighted by molar-refractivity contribution is -0.144. The first-order chi connectivity index (χ1) is 9.72. The number of nitrogens with zero attached hydrogens (tertiary/aromatic N) is 2. The monoisotopic (exact) mass is 305 g/mol. The Bertz CT molecular complexity index is 490. The molecule has 3 N–H and O–H groups in total. The van der Waals surface area contributed by atoms with Crippen LogP contribution in [-0.2, 0) is 11.0 Å². The second kappa shape index (κ2) is 7.09. The maximum atomic E-state index is 12.6. The molecule has 1 aromatic rings. The molecule has 6 nitrogen and oxygen atoms in total. The first-order valence-corrected chi connectivity index (χ1v) is 6.39. The Morgan fingerprint density at radius 1 is 1.29 bits per heavy atom. The summed E-state index contributed by atoms with van der Waals surface area (Å²) in [6, 6.07) is 1.36. The van der Waals surface area contributed by atoms with Crippen LogP contribution < -0.4 is 16.0 Å². The molecule has 21 heavy (non-hydrogen) atoms. The van der Waals surface area contributed by atoms with Crippen molar-refractivity contribution < 1.29 is 18.0 Å². The van der Waals surface area contributed by atoms with E-state index in [1.807, 2.05) is 13.8 Å². The lowest BCUT2D eigenvalue weighted by atomic mass is 10.3. The molecule has 0 fully saturated rings. The Balaban J connectivity index is 2.68. The number of rotatable bonds is 6. The second-order valence-corrected chi connectivity index (χ2v) is 4.61. The van der Waals surface area contributed by atoms with E-state index in [0.29, 0.717) is 0 Å². The molecule has 118 valence electrons. The highest BCUT2D eigenvalue weighted by molar-refractivity contribution is 5.76. The van der Waals surface area contributed by atoms with Gasteiger partial charge in [-0.1, -0.05) is 0 Å². The summed E-state index contributed by atoms with van der Waals surface area (Å²) in [6.07, 6.45) is -4.49. The molecular formula is C12H18F3N5O. The average molecular weight is 305 g/mol. The SMILES string of the molecule is CNc1cc(NCCC(=O)NC(C)C)nc(C(F)(F)F)n1. The van der Waals surface area contributed by atoms with Crippen molar-refractivity contribution in [1.29, 1.82) is 0 Å². The topological polar surface area (TPSA) is 78.9 Å². The largest absolute Gasteiger partial charge is 0.451 e. The van der Waals surface area contributed by atoms with E-state index in [-0.39, 0.29) is 36.6 Å². The summed E-state index contributed by atoms with van der Waals surface area (Å²) in [7, 11) is 1.46. The Morgan fingerprint density at radius 3 is 2.43 bits per heavy atom. The van der Waals surface area contributed by atoms with Crippen LogP contribution in [0.3, 0.4) is 0 Å². The van der Waals surface area contributed by atoms with Gasteiger partial charge in [0.05, 0.1) is 0 Å². The maximum Gasteiger partial charge on any atom is 0.451 e. The molecule has 9 heteroatoms. The molecular weight excluding hydrogens is 287 g/mol. The summed E-state index contributed by atoms with van der Waals surface area (Å²) < 4.78 is 37.9. The molecule has 1 amide bonds. The molecule has 0 aromatic carbocycles. The van der Waals surface area contributed by atoms with Gasteiger partial charge in [0.25, 0.3) is 0 Å². The van der Waals surface area contributed by atoms with E-state index in [1.165, 1.54) is 13.1 Å². The lowest BCUT2D eigenvalue weighted by Crippen LogP contribution is -2.31. The minimum absolute atomic E-state index is 0.0130. The van der Waals surface area contributed by atoms with Crippen molar-refractivity contribution in [1.82, 2.24) is 15.3 Å². The van der Waals surface area contributed by atoms with Gasteiger partial charge in [0.2, 0.25) is 11.7 Å². The van der Waals surface area contributed by atoms with Gasteiger partial charge in [0.1, 0.15) is 11.6 Å². The van der Waals surface area contributed by atoms with Crippen LogP contribution in [-0.4, -0.2) is 35.5 Å². The molecule has 0 unspecified atom stereocenters. The first kappa shape index (κ1) is 17.0. The standard InChI is InChI=1S/C12H18F3N5O/c1-7(2)18-10(21)4-5-17-9-6-8(16-3)19-11(20-9)12(13,14)15/h6-7H,4-5H2,1-3H3,(H,18,21)(H2,16,17,19,20). The summed E-state index contributed by atoms with van der Waals surface area (Å²) in [5.74, 6) is -1.36. The number of carbonyl (C=O) groups is 1. The molecule has 0 aliphatic rings. The van der Waals surface area contributed by atoms with Crippen molar-refractivity contribution in [2.45, 2.75) is 32.5 Å². The van der Waals surface area contributed by atoms with Gasteiger partial charge in [-0.05, 0) is 13.8 Å². The smallest absolute Gasteiger partial charge is 0.373 e. The van der Waals surface area contributed by atoms with E-state index < -0.39 is 12.0 Å². The highest BCUT2D eigenvalue weighted by Gasteiger charge is 2.35. The molecule has 1 heterocycles. The Morgan fingerprint density at radius 2 is 1.90 bits per heavy atom. The number of anilines is 2. The van der Waals surface area contributed by atoms with Gasteiger partial charge in [-0.2, -0.15) is 13.2 Å². The van der Waals surface area contributed by atoms with Crippen molar-refractivity contribution in [2.75, 3.05) is 24.2 Å². The van der Waals surface area contributed by atoms with Crippen LogP contribution in [0.2, 0.25) is 0 Å². The molecule has 0 aliphatic heterocycles. The van der Waals surface area contributed by atoms with Crippen LogP contribution >= 0.6 is 0 Å². The minimum atomic E-state index is -4.63. The van der Waals surface area contributed by atoms with Crippen molar-refractivity contribution in [2.24, 2.45) is 0 Å². The molecule has 0 spiro atoms. The van der Waals surface area contributed by atoms with Crippen LogP contribution in [0.5, 0.6) is 0 Å². The Kier molecular flexibility index (Phi) is 5.74. The summed E-state index contributed by atoms with van der Waals surface area (Å²) in [5, 5.41) is 7.90. The van der Waals surface area contributed by atoms with Gasteiger partial charge in [-0.3, -0.25) is 4.79 Å². The van der Waals surface area contributed by atoms with Crippen LogP contribution in [0.4, 0.5) is 24.8 Å². The molecule has 0 aliphatic carbocycles. The van der Waals surface area contributed by atoms with Crippen molar-refractivity contribution in [3.05, 3.63) is 11.9 Å². The molecule has 0 saturated carbocycles. The maximum absolute atomic E-state index is 12.6. The molecule has 0 radical (unpaired) electrons. The quantitative estimate of drug-likeness (QED) is 0.747. The average Bonchev–Trinajstić information content (AvgIpc) is 2.36. The second-order valence-electron chi connectivity index (χ2n) is 4.61. The summed E-state index contributed by atoms with van der Waals surface area (Å²) in [4.78, 5) is 18.1. The number of amides is 1. The summed E-state index contributed by atoms with van der Waals surface area (Å²) >= 11 is 0. The van der Waals surface area contributed by atoms with Crippen molar-refractivity contribution >= 4 is 17.5 Å². The minimum Gasteiger partial charge on any atom is -0.373 e. The van der Waals surface area contributed by atoms with Gasteiger partial charge in [0, 0.05) is 32.1 Å². The summed E-state index contributed by atoms with van der Waals surface area (Å²) in [6.45, 7) is 3.82. The fourth-order valence-electron chi connectivity index (χ4n) is 1.49. The Hall–Kier alpha value is -2.06. The van der Waals surface area contributed by atoms with E-state index in [4.69, 9.17) is 0 Å². The van der Waals surface area contributed by atoms with E-state index in [2.05, 4.69) is 25.9 Å². The number of aromatic nitrogens is 2. The van der Waals surface area contributed by atoms with Crippen LogP contribution in [0.15, 0.2) is 6.07 Å². The highest BCUT2D eigenvalue weighted by Crippen LogP contribution is 2.28. The highest BCUT2D eigenvalue weighted by atomic mass is 19.4. The zero-order valence-electron chi connectivity index (χ0n) is 12.0. The molecule has 1 rings (SSSR count). The van der Waals surface area contributed by atoms with E-state index in [0.717, 1.165) is 0 Å². The lowest BCUT2D eigenvalue weighted by Gasteiger charge is -2.12. The van der Waals surface area contributed by atoms with Gasteiger partial charge in [-0.25, -0.2) is 9.97 Å². The van der Waals surface area contributed by atoms with Gasteiger partial charge in [0.15, 0.2) is 0 Å². The van der Waals surface area contributed by atoms with E-state index >= 15 is 0 Å². The first-order valence-electron chi connectivity index (χ1n) is 6.39. The fraction of sp³-hybridized carbons (Fsp3) is 0.583. The summed E-state index contributed by atoms with van der Waals surface area (Å²) in [5.41, 5.74) is 0. The van der Waals surface area contributed by atoms with Crippen molar-refractivity contribution in [3.63, 3.8) is 0 Å². The normalized spacial score (nSPS) is 11.4. The third-order valence-electron chi connectivity index (χ3n) is 2.34. The van der Waals surface area contributed by atoms with Gasteiger partial charge in [-0.15, -0.1) is 0 Å². The fourth-order valence-corrected chi connectivity index (χ4v) is 1.49. The predicted octanol–water partition coefficient (Wildman–Crippen LogP) is 1.86. The third kappa shape index (κ3) is 5.84. The predicted molar refractivity (Wildman–Crippen MR) is 73.0 cm³/mol. The van der Waals surface area contributed by atoms with Gasteiger partial charge >= 0.3 is 6.18 Å². The van der Waals surface area contributed by atoms with Crippen LogP contribution in [0.25, 0.3) is 0 Å². The van der Waals surface area contributed by atoms with Crippen molar-refractivity contribution in [3.8, 4) is 0 Å². The van der Waals surface area contributed by atoms with Crippen LogP contribution in [0.1, 0.15) is 26.1 Å². The van der Waals surface area contributed by atoms with Gasteiger partial charge < -0.3 is 16.0 Å². The zero-order chi connectivity index (χ0) is 16.0. The number of carbonyl (C=O) groups excluding carboxylic acids is 1. The number of alkyl halides is 3. The number of halogens is 3. The number of hydrogen-bond acceptors (Lipinski definition) is 5. The molecule has 0 saturated heterocycles. The molecule has 0 atom stereocenters. The zero-order valence-corrected chi connectivity index (χ0v) is 12.0. The molecule has 1 aromatic heterocycles. The third-order valence-corrected chi connectivity index (χ3v) is 2.34. The number of hydrogen-bond donors (Lipinski definition) is 3.